The fourth-order valence-corrected chi connectivity index (χ4v) is 1.89. The maximum absolute atomic E-state index is 9.48. The quantitative estimate of drug-likeness (QED) is 0.840. The molecule has 18 heavy (non-hydrogen) atoms. The molecule has 0 heterocycles. The van der Waals surface area contributed by atoms with E-state index < -0.39 is 0 Å². The van der Waals surface area contributed by atoms with Gasteiger partial charge in [-0.05, 0) is 32.9 Å². The number of hydrogen-bond acceptors (Lipinski definition) is 4. The number of methoxy groups -OCH3 is 1. The van der Waals surface area contributed by atoms with Gasteiger partial charge in [0.05, 0.1) is 19.3 Å². The molecule has 0 amide bonds. The van der Waals surface area contributed by atoms with Crippen molar-refractivity contribution in [1.82, 2.24) is 0 Å². The van der Waals surface area contributed by atoms with E-state index >= 15 is 0 Å². The zero-order valence-electron chi connectivity index (χ0n) is 11.9. The number of aliphatic hydroxyl groups is 1. The summed E-state index contributed by atoms with van der Waals surface area (Å²) in [5, 5.41) is 9.48. The van der Waals surface area contributed by atoms with Crippen LogP contribution in [-0.4, -0.2) is 31.4 Å². The SMILES string of the molecule is COc1cccc(N(C)C(C)(C)CO)c1[C@H](C)N. The third kappa shape index (κ3) is 2.76. The van der Waals surface area contributed by atoms with Crippen molar-refractivity contribution in [2.24, 2.45) is 5.73 Å². The molecule has 4 nitrogen and oxygen atoms in total. The van der Waals surface area contributed by atoms with Gasteiger partial charge in [0.1, 0.15) is 5.75 Å². The molecule has 102 valence electrons. The molecule has 0 saturated heterocycles. The molecule has 1 aromatic rings. The Balaban J connectivity index is 3.32. The number of benzene rings is 1. The summed E-state index contributed by atoms with van der Waals surface area (Å²) in [6, 6.07) is 5.71. The van der Waals surface area contributed by atoms with Crippen molar-refractivity contribution in [1.29, 1.82) is 0 Å². The van der Waals surface area contributed by atoms with Crippen LogP contribution in [0.1, 0.15) is 32.4 Å². The fourth-order valence-electron chi connectivity index (χ4n) is 1.89. The molecule has 0 aliphatic heterocycles. The first-order valence-corrected chi connectivity index (χ1v) is 6.12. The van der Waals surface area contributed by atoms with Crippen LogP contribution in [0.15, 0.2) is 18.2 Å². The first kappa shape index (κ1) is 14.8. The maximum Gasteiger partial charge on any atom is 0.125 e. The van der Waals surface area contributed by atoms with Gasteiger partial charge in [-0.25, -0.2) is 0 Å². The van der Waals surface area contributed by atoms with Crippen LogP contribution in [0, 0.1) is 0 Å². The number of likely N-dealkylation sites (N-methyl/N-ethyl adjacent to an activating group) is 1. The second kappa shape index (κ2) is 5.59. The molecule has 0 spiro atoms. The van der Waals surface area contributed by atoms with Crippen molar-refractivity contribution in [3.05, 3.63) is 23.8 Å². The summed E-state index contributed by atoms with van der Waals surface area (Å²) in [6.07, 6.45) is 0. The van der Waals surface area contributed by atoms with E-state index in [1.807, 2.05) is 50.9 Å². The minimum Gasteiger partial charge on any atom is -0.496 e. The minimum absolute atomic E-state index is 0.0686. The average Bonchev–Trinajstić information content (AvgIpc) is 2.36. The first-order valence-electron chi connectivity index (χ1n) is 6.12. The molecule has 1 aromatic carbocycles. The summed E-state index contributed by atoms with van der Waals surface area (Å²) >= 11 is 0. The van der Waals surface area contributed by atoms with E-state index in [-0.39, 0.29) is 18.2 Å². The number of hydrogen-bond donors (Lipinski definition) is 2. The standard InChI is InChI=1S/C14H24N2O2/c1-10(15)13-11(7-6-8-12(13)18-5)16(4)14(2,3)9-17/h6-8,10,17H,9,15H2,1-5H3/t10-/m0/s1. The summed E-state index contributed by atoms with van der Waals surface area (Å²) in [7, 11) is 3.60. The molecule has 0 unspecified atom stereocenters. The third-order valence-corrected chi connectivity index (χ3v) is 3.37. The summed E-state index contributed by atoms with van der Waals surface area (Å²) in [5.41, 5.74) is 7.64. The van der Waals surface area contributed by atoms with Crippen LogP contribution in [0.5, 0.6) is 5.75 Å². The Morgan fingerprint density at radius 1 is 1.44 bits per heavy atom. The summed E-state index contributed by atoms with van der Waals surface area (Å²) in [4.78, 5) is 2.04. The highest BCUT2D eigenvalue weighted by Gasteiger charge is 2.26. The van der Waals surface area contributed by atoms with Crippen LogP contribution >= 0.6 is 0 Å². The van der Waals surface area contributed by atoms with Gasteiger partial charge in [-0.3, -0.25) is 0 Å². The van der Waals surface area contributed by atoms with E-state index in [1.54, 1.807) is 7.11 Å². The fraction of sp³-hybridized carbons (Fsp3) is 0.571. The lowest BCUT2D eigenvalue weighted by Gasteiger charge is -2.38. The van der Waals surface area contributed by atoms with Gasteiger partial charge in [0.25, 0.3) is 0 Å². The highest BCUT2D eigenvalue weighted by molar-refractivity contribution is 5.61. The van der Waals surface area contributed by atoms with Gasteiger partial charge >= 0.3 is 0 Å². The van der Waals surface area contributed by atoms with Crippen molar-refractivity contribution in [3.8, 4) is 5.75 Å². The predicted molar refractivity (Wildman–Crippen MR) is 75.2 cm³/mol. The monoisotopic (exact) mass is 252 g/mol. The van der Waals surface area contributed by atoms with Crippen molar-refractivity contribution in [3.63, 3.8) is 0 Å². The van der Waals surface area contributed by atoms with Crippen molar-refractivity contribution in [2.45, 2.75) is 32.4 Å². The lowest BCUT2D eigenvalue weighted by Crippen LogP contribution is -2.45. The topological polar surface area (TPSA) is 58.7 Å². The Morgan fingerprint density at radius 3 is 2.50 bits per heavy atom. The number of nitrogens with zero attached hydrogens (tertiary/aromatic N) is 1. The zero-order valence-corrected chi connectivity index (χ0v) is 11.9. The average molecular weight is 252 g/mol. The number of anilines is 1. The van der Waals surface area contributed by atoms with Crippen LogP contribution < -0.4 is 15.4 Å². The Morgan fingerprint density at radius 2 is 2.06 bits per heavy atom. The van der Waals surface area contributed by atoms with E-state index in [0.29, 0.717) is 0 Å². The number of ether oxygens (including phenoxy) is 1. The van der Waals surface area contributed by atoms with E-state index in [1.165, 1.54) is 0 Å². The van der Waals surface area contributed by atoms with Gasteiger partial charge in [-0.15, -0.1) is 0 Å². The summed E-state index contributed by atoms with van der Waals surface area (Å²) in [6.45, 7) is 5.97. The van der Waals surface area contributed by atoms with Gasteiger partial charge in [-0.1, -0.05) is 6.07 Å². The second-order valence-electron chi connectivity index (χ2n) is 5.21. The molecular weight excluding hydrogens is 228 g/mol. The van der Waals surface area contributed by atoms with E-state index in [0.717, 1.165) is 17.0 Å². The molecular formula is C14H24N2O2. The molecule has 0 radical (unpaired) electrons. The van der Waals surface area contributed by atoms with Gasteiger partial charge in [-0.2, -0.15) is 0 Å². The van der Waals surface area contributed by atoms with E-state index in [9.17, 15) is 5.11 Å². The minimum atomic E-state index is -0.351. The Hall–Kier alpha value is -1.26. The summed E-state index contributed by atoms with van der Waals surface area (Å²) < 4.78 is 5.37. The first-order chi connectivity index (χ1) is 8.35. The van der Waals surface area contributed by atoms with Crippen molar-refractivity contribution < 1.29 is 9.84 Å². The van der Waals surface area contributed by atoms with E-state index in [4.69, 9.17) is 10.5 Å². The second-order valence-corrected chi connectivity index (χ2v) is 5.21. The highest BCUT2D eigenvalue weighted by Crippen LogP contribution is 2.35. The number of rotatable bonds is 5. The molecule has 0 fully saturated rings. The Bertz CT molecular complexity index is 403. The van der Waals surface area contributed by atoms with Crippen molar-refractivity contribution in [2.75, 3.05) is 25.7 Å². The Kier molecular flexibility index (Phi) is 4.59. The largest absolute Gasteiger partial charge is 0.496 e. The van der Waals surface area contributed by atoms with Crippen LogP contribution in [-0.2, 0) is 0 Å². The van der Waals surface area contributed by atoms with Crippen molar-refractivity contribution >= 4 is 5.69 Å². The van der Waals surface area contributed by atoms with Gasteiger partial charge < -0.3 is 20.5 Å². The van der Waals surface area contributed by atoms with Crippen LogP contribution in [0.25, 0.3) is 0 Å². The highest BCUT2D eigenvalue weighted by atomic mass is 16.5. The summed E-state index contributed by atoms with van der Waals surface area (Å²) in [5.74, 6) is 0.781. The zero-order chi connectivity index (χ0) is 13.9. The Labute approximate surface area is 109 Å². The normalized spacial score (nSPS) is 13.3. The number of aliphatic hydroxyl groups excluding tert-OH is 1. The van der Waals surface area contributed by atoms with Gasteiger partial charge in [0, 0.05) is 24.3 Å². The molecule has 1 atom stereocenters. The van der Waals surface area contributed by atoms with Crippen LogP contribution in [0.3, 0.4) is 0 Å². The lowest BCUT2D eigenvalue weighted by atomic mass is 9.99. The van der Waals surface area contributed by atoms with Crippen LogP contribution in [0.4, 0.5) is 5.69 Å². The molecule has 0 saturated carbocycles. The van der Waals surface area contributed by atoms with Crippen LogP contribution in [0.2, 0.25) is 0 Å². The molecule has 0 aliphatic carbocycles. The molecule has 0 aliphatic rings. The van der Waals surface area contributed by atoms with E-state index in [2.05, 4.69) is 0 Å². The molecule has 4 heteroatoms. The molecule has 1 rings (SSSR count). The van der Waals surface area contributed by atoms with Gasteiger partial charge in [0.2, 0.25) is 0 Å². The number of nitrogens with two attached hydrogens (primary N) is 1. The lowest BCUT2D eigenvalue weighted by molar-refractivity contribution is 0.216. The molecule has 3 N–H and O–H groups in total. The van der Waals surface area contributed by atoms with Gasteiger partial charge in [0.15, 0.2) is 0 Å². The maximum atomic E-state index is 9.48. The smallest absolute Gasteiger partial charge is 0.125 e. The third-order valence-electron chi connectivity index (χ3n) is 3.37. The molecule has 0 bridgehead atoms. The molecule has 0 aromatic heterocycles. The predicted octanol–water partition coefficient (Wildman–Crippen LogP) is 1.92.